The number of ether oxygens (including phenoxy) is 2. The predicted molar refractivity (Wildman–Crippen MR) is 151 cm³/mol. The van der Waals surface area contributed by atoms with Crippen LogP contribution in [0.4, 0.5) is 10.5 Å². The number of carbonyl (C=O) groups excluding carboxylic acids is 3. The van der Waals surface area contributed by atoms with Gasteiger partial charge in [-0.15, -0.1) is 0 Å². The van der Waals surface area contributed by atoms with Crippen molar-refractivity contribution in [2.75, 3.05) is 32.3 Å². The first-order valence-corrected chi connectivity index (χ1v) is 13.3. The van der Waals surface area contributed by atoms with Crippen molar-refractivity contribution in [3.8, 4) is 5.75 Å². The van der Waals surface area contributed by atoms with Gasteiger partial charge in [0, 0.05) is 43.3 Å². The molecule has 0 aliphatic carbocycles. The van der Waals surface area contributed by atoms with Crippen LogP contribution in [-0.4, -0.2) is 61.1 Å². The molecular weight excluding hydrogens is 508 g/mol. The van der Waals surface area contributed by atoms with Gasteiger partial charge in [-0.25, -0.2) is 9.69 Å². The van der Waals surface area contributed by atoms with Gasteiger partial charge >= 0.3 is 6.03 Å². The number of methoxy groups -OCH3 is 2. The van der Waals surface area contributed by atoms with Crippen LogP contribution in [0.2, 0.25) is 0 Å². The van der Waals surface area contributed by atoms with Gasteiger partial charge in [-0.1, -0.05) is 42.5 Å². The van der Waals surface area contributed by atoms with E-state index in [2.05, 4.69) is 10.3 Å². The minimum atomic E-state index is -0.728. The largest absolute Gasteiger partial charge is 0.497 e. The molecular formula is C31H30N4O5. The highest BCUT2D eigenvalue weighted by atomic mass is 16.5. The van der Waals surface area contributed by atoms with E-state index in [1.807, 2.05) is 48.5 Å². The molecule has 3 heterocycles. The Hall–Kier alpha value is -4.63. The zero-order valence-corrected chi connectivity index (χ0v) is 22.3. The summed E-state index contributed by atoms with van der Waals surface area (Å²) in [6.45, 7) is 0.930. The highest BCUT2D eigenvalue weighted by Crippen LogP contribution is 2.45. The van der Waals surface area contributed by atoms with Gasteiger partial charge in [-0.05, 0) is 47.9 Å². The zero-order chi connectivity index (χ0) is 27.8. The average Bonchev–Trinajstić information content (AvgIpc) is 3.48. The Morgan fingerprint density at radius 3 is 2.65 bits per heavy atom. The van der Waals surface area contributed by atoms with Gasteiger partial charge in [-0.2, -0.15) is 0 Å². The number of hydrogen-bond acceptors (Lipinski definition) is 5. The molecule has 2 atom stereocenters. The number of hydrogen-bond donors (Lipinski definition) is 2. The number of carbonyl (C=O) groups is 3. The Morgan fingerprint density at radius 1 is 1.02 bits per heavy atom. The number of anilines is 1. The van der Waals surface area contributed by atoms with Crippen LogP contribution in [0.1, 0.15) is 39.6 Å². The van der Waals surface area contributed by atoms with E-state index < -0.39 is 18.1 Å². The smallest absolute Gasteiger partial charge is 0.332 e. The lowest BCUT2D eigenvalue weighted by Gasteiger charge is -2.36. The predicted octanol–water partition coefficient (Wildman–Crippen LogP) is 4.43. The molecule has 2 aliphatic heterocycles. The van der Waals surface area contributed by atoms with Gasteiger partial charge < -0.3 is 19.8 Å². The first-order valence-electron chi connectivity index (χ1n) is 13.3. The van der Waals surface area contributed by atoms with Crippen molar-refractivity contribution < 1.29 is 23.9 Å². The van der Waals surface area contributed by atoms with Gasteiger partial charge in [0.05, 0.1) is 18.4 Å². The van der Waals surface area contributed by atoms with Crippen LogP contribution in [-0.2, 0) is 16.0 Å². The summed E-state index contributed by atoms with van der Waals surface area (Å²) < 4.78 is 10.5. The Morgan fingerprint density at radius 2 is 1.82 bits per heavy atom. The van der Waals surface area contributed by atoms with Crippen LogP contribution in [0.5, 0.6) is 5.75 Å². The maximum absolute atomic E-state index is 14.2. The number of nitrogens with zero attached hydrogens (tertiary/aromatic N) is 2. The molecule has 9 nitrogen and oxygen atoms in total. The quantitative estimate of drug-likeness (QED) is 0.255. The molecule has 9 heteroatoms. The molecule has 4 aromatic rings. The zero-order valence-electron chi connectivity index (χ0n) is 22.3. The minimum absolute atomic E-state index is 0.267. The number of aromatic nitrogens is 1. The number of para-hydroxylation sites is 2. The van der Waals surface area contributed by atoms with Crippen LogP contribution in [0, 0.1) is 0 Å². The first kappa shape index (κ1) is 25.6. The van der Waals surface area contributed by atoms with E-state index in [0.717, 1.165) is 32.6 Å². The van der Waals surface area contributed by atoms with E-state index in [4.69, 9.17) is 9.47 Å². The van der Waals surface area contributed by atoms with Crippen molar-refractivity contribution in [2.45, 2.75) is 24.9 Å². The second-order valence-corrected chi connectivity index (χ2v) is 9.94. The highest BCUT2D eigenvalue weighted by Gasteiger charge is 2.53. The number of rotatable bonds is 8. The van der Waals surface area contributed by atoms with Crippen LogP contribution < -0.4 is 15.0 Å². The van der Waals surface area contributed by atoms with Gasteiger partial charge in [0.15, 0.2) is 0 Å². The Kier molecular flexibility index (Phi) is 6.73. The van der Waals surface area contributed by atoms with Crippen molar-refractivity contribution in [2.24, 2.45) is 0 Å². The van der Waals surface area contributed by atoms with Crippen molar-refractivity contribution in [1.82, 2.24) is 15.2 Å². The molecule has 0 radical (unpaired) electrons. The summed E-state index contributed by atoms with van der Waals surface area (Å²) in [5, 5.41) is 3.89. The van der Waals surface area contributed by atoms with Gasteiger partial charge in [0.1, 0.15) is 17.8 Å². The molecule has 1 aromatic heterocycles. The molecule has 1 fully saturated rings. The maximum Gasteiger partial charge on any atom is 0.332 e. The van der Waals surface area contributed by atoms with Crippen LogP contribution in [0.15, 0.2) is 72.8 Å². The van der Waals surface area contributed by atoms with E-state index in [0.29, 0.717) is 31.7 Å². The summed E-state index contributed by atoms with van der Waals surface area (Å²) in [4.78, 5) is 47.8. The normalized spacial score (nSPS) is 18.1. The van der Waals surface area contributed by atoms with E-state index in [1.165, 1.54) is 0 Å². The van der Waals surface area contributed by atoms with Gasteiger partial charge in [0.2, 0.25) is 0 Å². The molecule has 2 N–H and O–H groups in total. The third-order valence-electron chi connectivity index (χ3n) is 7.66. The molecule has 6 rings (SSSR count). The molecule has 2 aliphatic rings. The van der Waals surface area contributed by atoms with Crippen molar-refractivity contribution >= 4 is 34.4 Å². The number of imide groups is 1. The summed E-state index contributed by atoms with van der Waals surface area (Å²) >= 11 is 0. The first-order chi connectivity index (χ1) is 19.5. The molecule has 40 heavy (non-hydrogen) atoms. The van der Waals surface area contributed by atoms with E-state index in [1.54, 1.807) is 43.4 Å². The van der Waals surface area contributed by atoms with E-state index >= 15 is 0 Å². The van der Waals surface area contributed by atoms with E-state index in [9.17, 15) is 14.4 Å². The molecule has 4 amide bonds. The second kappa shape index (κ2) is 10.5. The number of nitrogens with one attached hydrogen (secondary N) is 2. The van der Waals surface area contributed by atoms with Crippen molar-refractivity contribution in [3.05, 3.63) is 95.2 Å². The summed E-state index contributed by atoms with van der Waals surface area (Å²) in [7, 11) is 3.20. The summed E-state index contributed by atoms with van der Waals surface area (Å²) in [5.41, 5.74) is 4.20. The number of fused-ring (bicyclic) bond motifs is 4. The number of urea groups is 1. The number of benzene rings is 3. The fraction of sp³-hybridized carbons (Fsp3) is 0.258. The van der Waals surface area contributed by atoms with Crippen LogP contribution in [0.3, 0.4) is 0 Å². The fourth-order valence-corrected chi connectivity index (χ4v) is 5.83. The summed E-state index contributed by atoms with van der Waals surface area (Å²) in [6, 6.07) is 20.5. The standard InChI is InChI=1S/C31H30N4O5/c1-39-16-8-15-32-29(36)22-12-4-6-14-25(22)35-30(37)26-18-23-21-11-3-5-13-24(21)33-27(23)28(34(26)31(35)38)19-9-7-10-20(17-19)40-2/h3-7,9-14,17,26,28,33H,8,15-16,18H2,1-2H3,(H,32,36)/t26-,28+/m0/s1. The summed E-state index contributed by atoms with van der Waals surface area (Å²) in [5.74, 6) is -0.0474. The van der Waals surface area contributed by atoms with Crippen LogP contribution >= 0.6 is 0 Å². The third-order valence-corrected chi connectivity index (χ3v) is 7.66. The monoisotopic (exact) mass is 538 g/mol. The number of H-pyrrole nitrogens is 1. The van der Waals surface area contributed by atoms with Crippen molar-refractivity contribution in [3.63, 3.8) is 0 Å². The molecule has 0 saturated carbocycles. The number of amides is 4. The lowest BCUT2D eigenvalue weighted by Crippen LogP contribution is -2.44. The van der Waals surface area contributed by atoms with Crippen LogP contribution in [0.25, 0.3) is 10.9 Å². The van der Waals surface area contributed by atoms with Gasteiger partial charge in [0.25, 0.3) is 11.8 Å². The lowest BCUT2D eigenvalue weighted by atomic mass is 9.89. The fourth-order valence-electron chi connectivity index (χ4n) is 5.83. The summed E-state index contributed by atoms with van der Waals surface area (Å²) in [6.07, 6.45) is 1.02. The SMILES string of the molecule is COCCCNC(=O)c1ccccc1N1C(=O)[C@@H]2Cc3c([nH]c4ccccc34)[C@@H](c3cccc(OC)c3)N2C1=O. The number of aromatic amines is 1. The molecule has 0 spiro atoms. The molecule has 0 bridgehead atoms. The Bertz CT molecular complexity index is 1610. The van der Waals surface area contributed by atoms with E-state index in [-0.39, 0.29) is 23.1 Å². The van der Waals surface area contributed by atoms with Gasteiger partial charge in [-0.3, -0.25) is 14.5 Å². The molecule has 0 unspecified atom stereocenters. The highest BCUT2D eigenvalue weighted by molar-refractivity contribution is 6.24. The molecule has 3 aromatic carbocycles. The molecule has 1 saturated heterocycles. The Labute approximate surface area is 231 Å². The second-order valence-electron chi connectivity index (χ2n) is 9.94. The maximum atomic E-state index is 14.2. The lowest BCUT2D eigenvalue weighted by molar-refractivity contribution is -0.120. The third kappa shape index (κ3) is 4.19. The molecule has 204 valence electrons. The van der Waals surface area contributed by atoms with Crippen molar-refractivity contribution in [1.29, 1.82) is 0 Å². The average molecular weight is 539 g/mol. The topological polar surface area (TPSA) is 104 Å². The Balaban J connectivity index is 1.43. The minimum Gasteiger partial charge on any atom is -0.497 e.